The molecule has 0 fully saturated rings. The van der Waals surface area contributed by atoms with Gasteiger partial charge >= 0.3 is 0 Å². The highest BCUT2D eigenvalue weighted by Gasteiger charge is 2.08. The van der Waals surface area contributed by atoms with Gasteiger partial charge in [-0.05, 0) is 43.2 Å². The van der Waals surface area contributed by atoms with E-state index in [0.717, 1.165) is 11.3 Å². The van der Waals surface area contributed by atoms with E-state index in [1.807, 2.05) is 30.3 Å². The van der Waals surface area contributed by atoms with Crippen LogP contribution in [0.2, 0.25) is 0 Å². The lowest BCUT2D eigenvalue weighted by atomic mass is 10.1. The van der Waals surface area contributed by atoms with Gasteiger partial charge in [-0.15, -0.1) is 0 Å². The first-order valence-electron chi connectivity index (χ1n) is 9.16. The summed E-state index contributed by atoms with van der Waals surface area (Å²) in [6, 6.07) is 14.8. The number of nitrogens with zero attached hydrogens (tertiary/aromatic N) is 2. The maximum atomic E-state index is 12.3. The molecule has 7 heteroatoms. The van der Waals surface area contributed by atoms with Crippen LogP contribution in [-0.4, -0.2) is 35.3 Å². The zero-order chi connectivity index (χ0) is 20.6. The van der Waals surface area contributed by atoms with Gasteiger partial charge in [-0.1, -0.05) is 24.3 Å². The normalized spacial score (nSPS) is 10.3. The number of Topliss-reactive ketones (excluding diaryl/α,β-unsaturated/α-hetero) is 1. The number of hydrogen-bond acceptors (Lipinski definition) is 6. The van der Waals surface area contributed by atoms with E-state index in [1.165, 1.54) is 19.3 Å². The van der Waals surface area contributed by atoms with Crippen LogP contribution in [-0.2, 0) is 6.42 Å². The predicted molar refractivity (Wildman–Crippen MR) is 111 cm³/mol. The topological polar surface area (TPSA) is 93.2 Å². The Bertz CT molecular complexity index is 986. The molecule has 1 heterocycles. The minimum Gasteiger partial charge on any atom is -0.497 e. The number of amides is 1. The van der Waals surface area contributed by atoms with Gasteiger partial charge in [-0.2, -0.15) is 0 Å². The van der Waals surface area contributed by atoms with Crippen LogP contribution in [0.4, 0.5) is 11.6 Å². The Labute approximate surface area is 169 Å². The third kappa shape index (κ3) is 5.62. The van der Waals surface area contributed by atoms with Crippen molar-refractivity contribution in [2.24, 2.45) is 0 Å². The van der Waals surface area contributed by atoms with Gasteiger partial charge in [0, 0.05) is 30.2 Å². The number of aromatic nitrogens is 2. The van der Waals surface area contributed by atoms with Crippen LogP contribution in [0.3, 0.4) is 0 Å². The number of methoxy groups -OCH3 is 1. The summed E-state index contributed by atoms with van der Waals surface area (Å²) in [5, 5.41) is 5.88. The van der Waals surface area contributed by atoms with Crippen LogP contribution in [0.1, 0.15) is 33.2 Å². The van der Waals surface area contributed by atoms with Gasteiger partial charge in [-0.25, -0.2) is 9.97 Å². The molecule has 3 rings (SSSR count). The van der Waals surface area contributed by atoms with Gasteiger partial charge in [0.15, 0.2) is 5.78 Å². The van der Waals surface area contributed by atoms with Crippen molar-refractivity contribution < 1.29 is 14.3 Å². The molecule has 0 spiro atoms. The summed E-state index contributed by atoms with van der Waals surface area (Å²) >= 11 is 0. The molecule has 148 valence electrons. The fourth-order valence-electron chi connectivity index (χ4n) is 2.67. The summed E-state index contributed by atoms with van der Waals surface area (Å²) in [5.41, 5.74) is 2.79. The van der Waals surface area contributed by atoms with E-state index >= 15 is 0 Å². The Balaban J connectivity index is 1.53. The molecule has 0 aliphatic carbocycles. The Morgan fingerprint density at radius 3 is 2.38 bits per heavy atom. The second-order valence-corrected chi connectivity index (χ2v) is 6.41. The quantitative estimate of drug-likeness (QED) is 0.573. The highest BCUT2D eigenvalue weighted by molar-refractivity contribution is 5.95. The molecule has 0 aliphatic heterocycles. The number of nitrogens with one attached hydrogen (secondary N) is 2. The maximum absolute atomic E-state index is 12.3. The second-order valence-electron chi connectivity index (χ2n) is 6.41. The SMILES string of the molecule is COc1ccc(CCNC(=O)c2cnc(Nc3cccc(C(C)=O)c3)nc2)cc1. The summed E-state index contributed by atoms with van der Waals surface area (Å²) in [4.78, 5) is 32.1. The number of benzene rings is 2. The first kappa shape index (κ1) is 20.0. The lowest BCUT2D eigenvalue weighted by Gasteiger charge is -2.08. The van der Waals surface area contributed by atoms with E-state index in [-0.39, 0.29) is 11.7 Å². The number of carbonyl (C=O) groups excluding carboxylic acids is 2. The van der Waals surface area contributed by atoms with Crippen molar-refractivity contribution in [1.29, 1.82) is 0 Å². The van der Waals surface area contributed by atoms with Crippen molar-refractivity contribution in [2.75, 3.05) is 19.0 Å². The third-order valence-electron chi connectivity index (χ3n) is 4.30. The molecule has 3 aromatic rings. The largest absolute Gasteiger partial charge is 0.497 e. The maximum Gasteiger partial charge on any atom is 0.254 e. The molecule has 0 aliphatic rings. The Morgan fingerprint density at radius 2 is 1.72 bits per heavy atom. The van der Waals surface area contributed by atoms with Gasteiger partial charge in [0.05, 0.1) is 12.7 Å². The molecule has 0 saturated heterocycles. The average molecular weight is 390 g/mol. The minimum atomic E-state index is -0.233. The van der Waals surface area contributed by atoms with Crippen LogP contribution in [0.25, 0.3) is 0 Å². The van der Waals surface area contributed by atoms with Crippen molar-refractivity contribution in [3.05, 3.63) is 77.6 Å². The number of ether oxygens (including phenoxy) is 1. The molecule has 2 aromatic carbocycles. The molecule has 0 atom stereocenters. The fourth-order valence-corrected chi connectivity index (χ4v) is 2.67. The van der Waals surface area contributed by atoms with Crippen molar-refractivity contribution >= 4 is 23.3 Å². The van der Waals surface area contributed by atoms with Crippen LogP contribution in [0.5, 0.6) is 5.75 Å². The summed E-state index contributed by atoms with van der Waals surface area (Å²) < 4.78 is 5.13. The van der Waals surface area contributed by atoms with Crippen molar-refractivity contribution in [3.8, 4) is 5.75 Å². The monoisotopic (exact) mass is 390 g/mol. The van der Waals surface area contributed by atoms with Crippen LogP contribution in [0, 0.1) is 0 Å². The van der Waals surface area contributed by atoms with Crippen molar-refractivity contribution in [1.82, 2.24) is 15.3 Å². The Kier molecular flexibility index (Phi) is 6.52. The molecule has 29 heavy (non-hydrogen) atoms. The van der Waals surface area contributed by atoms with Crippen LogP contribution >= 0.6 is 0 Å². The summed E-state index contributed by atoms with van der Waals surface area (Å²) in [5.74, 6) is 0.900. The zero-order valence-corrected chi connectivity index (χ0v) is 16.3. The van der Waals surface area contributed by atoms with E-state index in [2.05, 4.69) is 20.6 Å². The third-order valence-corrected chi connectivity index (χ3v) is 4.30. The molecule has 0 unspecified atom stereocenters. The summed E-state index contributed by atoms with van der Waals surface area (Å²) in [7, 11) is 1.63. The van der Waals surface area contributed by atoms with Gasteiger partial charge in [0.2, 0.25) is 5.95 Å². The van der Waals surface area contributed by atoms with E-state index in [4.69, 9.17) is 4.74 Å². The van der Waals surface area contributed by atoms with E-state index in [1.54, 1.807) is 25.3 Å². The van der Waals surface area contributed by atoms with Gasteiger partial charge in [-0.3, -0.25) is 9.59 Å². The molecule has 1 aromatic heterocycles. The van der Waals surface area contributed by atoms with Crippen LogP contribution < -0.4 is 15.4 Å². The van der Waals surface area contributed by atoms with Crippen molar-refractivity contribution in [3.63, 3.8) is 0 Å². The molecule has 7 nitrogen and oxygen atoms in total. The average Bonchev–Trinajstić information content (AvgIpc) is 2.75. The van der Waals surface area contributed by atoms with Gasteiger partial charge in [0.1, 0.15) is 5.75 Å². The standard InChI is InChI=1S/C22H22N4O3/c1-15(27)17-4-3-5-19(12-17)26-22-24-13-18(14-25-22)21(28)23-11-10-16-6-8-20(29-2)9-7-16/h3-9,12-14H,10-11H2,1-2H3,(H,23,28)(H,24,25,26). The highest BCUT2D eigenvalue weighted by atomic mass is 16.5. The highest BCUT2D eigenvalue weighted by Crippen LogP contribution is 2.15. The molecule has 2 N–H and O–H groups in total. The van der Waals surface area contributed by atoms with Crippen LogP contribution in [0.15, 0.2) is 60.9 Å². The van der Waals surface area contributed by atoms with E-state index in [9.17, 15) is 9.59 Å². The zero-order valence-electron chi connectivity index (χ0n) is 16.3. The van der Waals surface area contributed by atoms with Gasteiger partial charge in [0.25, 0.3) is 5.91 Å². The molecule has 1 amide bonds. The number of hydrogen-bond donors (Lipinski definition) is 2. The lowest BCUT2D eigenvalue weighted by Crippen LogP contribution is -2.26. The van der Waals surface area contributed by atoms with E-state index < -0.39 is 0 Å². The number of ketones is 1. The smallest absolute Gasteiger partial charge is 0.254 e. The number of rotatable bonds is 8. The number of anilines is 2. The predicted octanol–water partition coefficient (Wildman–Crippen LogP) is 3.40. The Morgan fingerprint density at radius 1 is 1.00 bits per heavy atom. The fraction of sp³-hybridized carbons (Fsp3) is 0.182. The molecule has 0 bridgehead atoms. The number of carbonyl (C=O) groups is 2. The molecule has 0 saturated carbocycles. The lowest BCUT2D eigenvalue weighted by molar-refractivity contribution is 0.0952. The van der Waals surface area contributed by atoms with E-state index in [0.29, 0.717) is 35.7 Å². The first-order chi connectivity index (χ1) is 14.0. The molecule has 0 radical (unpaired) electrons. The Hall–Kier alpha value is -3.74. The summed E-state index contributed by atoms with van der Waals surface area (Å²) in [6.45, 7) is 2.01. The van der Waals surface area contributed by atoms with Crippen molar-refractivity contribution in [2.45, 2.75) is 13.3 Å². The molecular weight excluding hydrogens is 368 g/mol. The minimum absolute atomic E-state index is 0.0174. The first-order valence-corrected chi connectivity index (χ1v) is 9.16. The molecular formula is C22H22N4O3. The second kappa shape index (κ2) is 9.45. The van der Waals surface area contributed by atoms with Gasteiger partial charge < -0.3 is 15.4 Å². The summed E-state index contributed by atoms with van der Waals surface area (Å²) in [6.07, 6.45) is 3.64.